The van der Waals surface area contributed by atoms with Crippen molar-refractivity contribution in [2.24, 2.45) is 5.92 Å². The second-order valence-electron chi connectivity index (χ2n) is 8.72. The molecule has 5 heteroatoms. The number of piperidine rings is 1. The van der Waals surface area contributed by atoms with E-state index < -0.39 is 0 Å². The third-order valence-electron chi connectivity index (χ3n) is 6.55. The van der Waals surface area contributed by atoms with Crippen molar-refractivity contribution in [2.45, 2.75) is 44.4 Å². The summed E-state index contributed by atoms with van der Waals surface area (Å²) >= 11 is 0. The number of urea groups is 1. The minimum absolute atomic E-state index is 0.0239. The van der Waals surface area contributed by atoms with E-state index in [2.05, 4.69) is 22.8 Å². The van der Waals surface area contributed by atoms with Crippen LogP contribution in [-0.2, 0) is 10.2 Å². The molecule has 0 atom stereocenters. The van der Waals surface area contributed by atoms with Gasteiger partial charge in [-0.3, -0.25) is 4.79 Å². The fourth-order valence-corrected chi connectivity index (χ4v) is 4.35. The second-order valence-corrected chi connectivity index (χ2v) is 8.72. The summed E-state index contributed by atoms with van der Waals surface area (Å²) in [5.74, 6) is 0.726. The molecule has 2 aromatic carbocycles. The molecule has 2 N–H and O–H groups in total. The smallest absolute Gasteiger partial charge is 0.321 e. The number of rotatable bonds is 6. The average Bonchev–Trinajstić information content (AvgIpc) is 3.59. The SMILES string of the molecule is Cc1ccc(NC(=O)N2CCC(CCNC(=O)C3(c4ccccc4)CC3)CC2)cc1. The van der Waals surface area contributed by atoms with Crippen LogP contribution in [0.4, 0.5) is 10.5 Å². The highest BCUT2D eigenvalue weighted by Gasteiger charge is 2.50. The maximum Gasteiger partial charge on any atom is 0.321 e. The highest BCUT2D eigenvalue weighted by Crippen LogP contribution is 2.48. The molecule has 0 unspecified atom stereocenters. The Hall–Kier alpha value is -2.82. The van der Waals surface area contributed by atoms with Crippen molar-refractivity contribution in [3.8, 4) is 0 Å². The lowest BCUT2D eigenvalue weighted by atomic mass is 9.92. The van der Waals surface area contributed by atoms with Gasteiger partial charge in [-0.15, -0.1) is 0 Å². The first-order valence-electron chi connectivity index (χ1n) is 11.0. The lowest BCUT2D eigenvalue weighted by molar-refractivity contribution is -0.123. The Labute approximate surface area is 178 Å². The Bertz CT molecular complexity index is 867. The molecule has 1 saturated carbocycles. The van der Waals surface area contributed by atoms with Crippen molar-refractivity contribution in [1.82, 2.24) is 10.2 Å². The molecule has 5 nitrogen and oxygen atoms in total. The van der Waals surface area contributed by atoms with Crippen molar-refractivity contribution >= 4 is 17.6 Å². The summed E-state index contributed by atoms with van der Waals surface area (Å²) in [7, 11) is 0. The van der Waals surface area contributed by atoms with Gasteiger partial charge in [-0.2, -0.15) is 0 Å². The predicted octanol–water partition coefficient (Wildman–Crippen LogP) is 4.48. The number of carbonyl (C=O) groups is 2. The Kier molecular flexibility index (Phi) is 6.07. The van der Waals surface area contributed by atoms with E-state index in [1.807, 2.05) is 54.3 Å². The Morgan fingerprint density at radius 3 is 2.30 bits per heavy atom. The fraction of sp³-hybridized carbons (Fsp3) is 0.440. The largest absolute Gasteiger partial charge is 0.355 e. The Balaban J connectivity index is 1.18. The number of amides is 3. The zero-order valence-corrected chi connectivity index (χ0v) is 17.7. The summed E-state index contributed by atoms with van der Waals surface area (Å²) in [4.78, 5) is 27.1. The lowest BCUT2D eigenvalue weighted by Crippen LogP contribution is -2.42. The van der Waals surface area contributed by atoms with Gasteiger partial charge in [0.1, 0.15) is 0 Å². The van der Waals surface area contributed by atoms with Gasteiger partial charge in [-0.25, -0.2) is 4.79 Å². The molecule has 3 amide bonds. The van der Waals surface area contributed by atoms with E-state index in [-0.39, 0.29) is 17.4 Å². The predicted molar refractivity (Wildman–Crippen MR) is 119 cm³/mol. The van der Waals surface area contributed by atoms with Crippen LogP contribution in [0.15, 0.2) is 54.6 Å². The van der Waals surface area contributed by atoms with Gasteiger partial charge in [0.05, 0.1) is 5.41 Å². The third-order valence-corrected chi connectivity index (χ3v) is 6.55. The number of nitrogens with one attached hydrogen (secondary N) is 2. The Morgan fingerprint density at radius 2 is 1.67 bits per heavy atom. The molecule has 1 aliphatic carbocycles. The molecule has 1 heterocycles. The molecular formula is C25H31N3O2. The number of benzene rings is 2. The van der Waals surface area contributed by atoms with Crippen molar-refractivity contribution in [3.63, 3.8) is 0 Å². The number of anilines is 1. The average molecular weight is 406 g/mol. The molecule has 2 fully saturated rings. The zero-order valence-electron chi connectivity index (χ0n) is 17.7. The summed E-state index contributed by atoms with van der Waals surface area (Å²) < 4.78 is 0. The molecular weight excluding hydrogens is 374 g/mol. The first-order valence-corrected chi connectivity index (χ1v) is 11.0. The first kappa shape index (κ1) is 20.5. The van der Waals surface area contributed by atoms with E-state index in [4.69, 9.17) is 0 Å². The summed E-state index contributed by atoms with van der Waals surface area (Å²) in [5, 5.41) is 6.15. The molecule has 2 aliphatic rings. The molecule has 0 bridgehead atoms. The fourth-order valence-electron chi connectivity index (χ4n) is 4.35. The normalized spacial score (nSPS) is 18.0. The van der Waals surface area contributed by atoms with Gasteiger partial charge >= 0.3 is 6.03 Å². The molecule has 0 spiro atoms. The molecule has 0 aromatic heterocycles. The highest BCUT2D eigenvalue weighted by molar-refractivity contribution is 5.91. The Morgan fingerprint density at radius 1 is 1.00 bits per heavy atom. The molecule has 30 heavy (non-hydrogen) atoms. The van der Waals surface area contributed by atoms with Crippen LogP contribution in [0.5, 0.6) is 0 Å². The third kappa shape index (κ3) is 4.66. The van der Waals surface area contributed by atoms with Gasteiger partial charge in [0.15, 0.2) is 0 Å². The number of carbonyl (C=O) groups excluding carboxylic acids is 2. The summed E-state index contributed by atoms with van der Waals surface area (Å²) in [6.45, 7) is 4.28. The van der Waals surface area contributed by atoms with Crippen molar-refractivity contribution < 1.29 is 9.59 Å². The standard InChI is InChI=1S/C25H31N3O2/c1-19-7-9-22(10-8-19)27-24(30)28-17-12-20(13-18-28)11-16-26-23(29)25(14-15-25)21-5-3-2-4-6-21/h2-10,20H,11-18H2,1H3,(H,26,29)(H,27,30). The van der Waals surface area contributed by atoms with Gasteiger partial charge in [0, 0.05) is 25.3 Å². The quantitative estimate of drug-likeness (QED) is 0.744. The van der Waals surface area contributed by atoms with E-state index in [9.17, 15) is 9.59 Å². The first-order chi connectivity index (χ1) is 14.6. The molecule has 4 rings (SSSR count). The number of hydrogen-bond acceptors (Lipinski definition) is 2. The molecule has 1 saturated heterocycles. The second kappa shape index (κ2) is 8.90. The maximum atomic E-state index is 12.7. The zero-order chi connectivity index (χ0) is 21.0. The van der Waals surface area contributed by atoms with Crippen LogP contribution < -0.4 is 10.6 Å². The van der Waals surface area contributed by atoms with Gasteiger partial charge in [-0.1, -0.05) is 48.0 Å². The monoisotopic (exact) mass is 405 g/mol. The van der Waals surface area contributed by atoms with Crippen LogP contribution in [-0.4, -0.2) is 36.5 Å². The van der Waals surface area contributed by atoms with Crippen molar-refractivity contribution in [3.05, 3.63) is 65.7 Å². The minimum Gasteiger partial charge on any atom is -0.355 e. The summed E-state index contributed by atoms with van der Waals surface area (Å²) in [5.41, 5.74) is 2.86. The van der Waals surface area contributed by atoms with E-state index in [1.165, 1.54) is 5.56 Å². The van der Waals surface area contributed by atoms with E-state index in [1.54, 1.807) is 0 Å². The number of nitrogens with zero attached hydrogens (tertiary/aromatic N) is 1. The van der Waals surface area contributed by atoms with Gasteiger partial charge in [0.2, 0.25) is 5.91 Å². The van der Waals surface area contributed by atoms with Gasteiger partial charge in [-0.05, 0) is 62.6 Å². The van der Waals surface area contributed by atoms with Gasteiger partial charge in [0.25, 0.3) is 0 Å². The highest BCUT2D eigenvalue weighted by atomic mass is 16.2. The lowest BCUT2D eigenvalue weighted by Gasteiger charge is -2.32. The van der Waals surface area contributed by atoms with Crippen LogP contribution in [0.2, 0.25) is 0 Å². The molecule has 0 radical (unpaired) electrons. The van der Waals surface area contributed by atoms with Crippen LogP contribution in [0.1, 0.15) is 43.2 Å². The van der Waals surface area contributed by atoms with Gasteiger partial charge < -0.3 is 15.5 Å². The number of hydrogen-bond donors (Lipinski definition) is 2. The number of likely N-dealkylation sites (tertiary alicyclic amines) is 1. The van der Waals surface area contributed by atoms with Crippen LogP contribution >= 0.6 is 0 Å². The molecule has 2 aromatic rings. The van der Waals surface area contributed by atoms with Crippen molar-refractivity contribution in [1.29, 1.82) is 0 Å². The van der Waals surface area contributed by atoms with Crippen LogP contribution in [0.3, 0.4) is 0 Å². The van der Waals surface area contributed by atoms with Crippen LogP contribution in [0.25, 0.3) is 0 Å². The maximum absolute atomic E-state index is 12.7. The van der Waals surface area contributed by atoms with E-state index >= 15 is 0 Å². The summed E-state index contributed by atoms with van der Waals surface area (Å²) in [6.07, 6.45) is 4.83. The van der Waals surface area contributed by atoms with E-state index in [0.29, 0.717) is 12.5 Å². The van der Waals surface area contributed by atoms with Crippen LogP contribution in [0, 0.1) is 12.8 Å². The van der Waals surface area contributed by atoms with E-state index in [0.717, 1.165) is 56.4 Å². The summed E-state index contributed by atoms with van der Waals surface area (Å²) in [6, 6.07) is 18.0. The minimum atomic E-state index is -0.293. The van der Waals surface area contributed by atoms with Crippen molar-refractivity contribution in [2.75, 3.05) is 25.0 Å². The molecule has 158 valence electrons. The number of aryl methyl sites for hydroxylation is 1. The topological polar surface area (TPSA) is 61.4 Å². The molecule has 1 aliphatic heterocycles.